The van der Waals surface area contributed by atoms with Gasteiger partial charge in [-0.1, -0.05) is 23.4 Å². The van der Waals surface area contributed by atoms with Crippen molar-refractivity contribution >= 4 is 34.2 Å². The highest BCUT2D eigenvalue weighted by atomic mass is 35.5. The molecule has 1 N–H and O–H groups in total. The minimum Gasteiger partial charge on any atom is -0.335 e. The van der Waals surface area contributed by atoms with Crippen molar-refractivity contribution in [2.45, 2.75) is 19.4 Å². The third-order valence-corrected chi connectivity index (χ3v) is 3.51. The van der Waals surface area contributed by atoms with Crippen LogP contribution in [0.25, 0.3) is 0 Å². The molecule has 1 atom stereocenters. The molecule has 0 fully saturated rings. The molecular weight excluding hydrogens is 247 g/mol. The van der Waals surface area contributed by atoms with Crippen molar-refractivity contribution in [1.82, 2.24) is 0 Å². The lowest BCUT2D eigenvalue weighted by molar-refractivity contribution is 0.629. The fourth-order valence-electron chi connectivity index (χ4n) is 1.39. The zero-order chi connectivity index (χ0) is 11.5. The lowest BCUT2D eigenvalue weighted by Gasteiger charge is -2.17. The van der Waals surface area contributed by atoms with Gasteiger partial charge in [-0.2, -0.15) is 0 Å². The van der Waals surface area contributed by atoms with Gasteiger partial charge in [-0.05, 0) is 31.5 Å². The monoisotopic (exact) mass is 258 g/mol. The molecule has 5 heteroatoms. The number of benzene rings is 1. The summed E-state index contributed by atoms with van der Waals surface area (Å²) in [4.78, 5) is 4.44. The molecule has 0 amide bonds. The van der Waals surface area contributed by atoms with Gasteiger partial charge in [0.2, 0.25) is 0 Å². The number of hydrogen-bond donors (Lipinski definition) is 1. The zero-order valence-electron chi connectivity index (χ0n) is 8.84. The summed E-state index contributed by atoms with van der Waals surface area (Å²) < 4.78 is 13.2. The maximum absolute atomic E-state index is 13.2. The lowest BCUT2D eigenvalue weighted by Crippen LogP contribution is -2.18. The largest absolute Gasteiger partial charge is 0.335 e. The second-order valence-electron chi connectivity index (χ2n) is 3.67. The molecule has 1 unspecified atom stereocenters. The predicted molar refractivity (Wildman–Crippen MR) is 69.0 cm³/mol. The van der Waals surface area contributed by atoms with Crippen molar-refractivity contribution in [3.63, 3.8) is 0 Å². The van der Waals surface area contributed by atoms with Crippen LogP contribution in [0.2, 0.25) is 5.02 Å². The van der Waals surface area contributed by atoms with Crippen molar-refractivity contribution in [3.05, 3.63) is 29.0 Å². The second-order valence-corrected chi connectivity index (χ2v) is 5.17. The number of anilines is 1. The van der Waals surface area contributed by atoms with Crippen LogP contribution in [0.15, 0.2) is 23.2 Å². The van der Waals surface area contributed by atoms with Crippen LogP contribution in [0, 0.1) is 5.82 Å². The standard InChI is InChI=1S/C11H12ClFN2S/c1-7-4-5-16-11(14-7)15-8-2-3-9(12)10(13)6-8/h2-3,6-7H,4-5H2,1H3,(H,14,15). The predicted octanol–water partition coefficient (Wildman–Crippen LogP) is 3.77. The maximum atomic E-state index is 13.2. The first kappa shape index (κ1) is 11.7. The quantitative estimate of drug-likeness (QED) is 0.829. The van der Waals surface area contributed by atoms with Crippen LogP contribution in [-0.2, 0) is 0 Å². The van der Waals surface area contributed by atoms with Crippen molar-refractivity contribution in [2.75, 3.05) is 11.1 Å². The van der Waals surface area contributed by atoms with E-state index in [1.807, 2.05) is 0 Å². The van der Waals surface area contributed by atoms with E-state index >= 15 is 0 Å². The van der Waals surface area contributed by atoms with Crippen molar-refractivity contribution in [1.29, 1.82) is 0 Å². The molecule has 0 saturated heterocycles. The normalized spacial score (nSPS) is 20.4. The van der Waals surface area contributed by atoms with Crippen LogP contribution >= 0.6 is 23.4 Å². The van der Waals surface area contributed by atoms with Gasteiger partial charge in [-0.3, -0.25) is 4.99 Å². The van der Waals surface area contributed by atoms with E-state index in [1.165, 1.54) is 12.1 Å². The fourth-order valence-corrected chi connectivity index (χ4v) is 2.61. The number of aliphatic imine (C=N–C) groups is 1. The van der Waals surface area contributed by atoms with Crippen LogP contribution in [0.4, 0.5) is 10.1 Å². The van der Waals surface area contributed by atoms with E-state index in [2.05, 4.69) is 17.2 Å². The summed E-state index contributed by atoms with van der Waals surface area (Å²) in [6.07, 6.45) is 1.09. The number of thioether (sulfide) groups is 1. The Hall–Kier alpha value is -0.740. The minimum absolute atomic E-state index is 0.136. The van der Waals surface area contributed by atoms with Crippen LogP contribution < -0.4 is 5.32 Å². The van der Waals surface area contributed by atoms with Crippen molar-refractivity contribution in [2.24, 2.45) is 4.99 Å². The Morgan fingerprint density at radius 2 is 2.38 bits per heavy atom. The average Bonchev–Trinajstić information content (AvgIpc) is 2.24. The van der Waals surface area contributed by atoms with E-state index < -0.39 is 5.82 Å². The molecule has 1 aromatic rings. The van der Waals surface area contributed by atoms with Gasteiger partial charge in [0.1, 0.15) is 5.82 Å². The van der Waals surface area contributed by atoms with E-state index in [9.17, 15) is 4.39 Å². The molecule has 0 aliphatic carbocycles. The topological polar surface area (TPSA) is 24.4 Å². The molecule has 2 nitrogen and oxygen atoms in total. The third-order valence-electron chi connectivity index (χ3n) is 2.28. The van der Waals surface area contributed by atoms with Gasteiger partial charge in [0.25, 0.3) is 0 Å². The molecule has 0 radical (unpaired) electrons. The van der Waals surface area contributed by atoms with Crippen molar-refractivity contribution in [3.8, 4) is 0 Å². The number of amidine groups is 1. The van der Waals surface area contributed by atoms with E-state index in [1.54, 1.807) is 17.8 Å². The summed E-state index contributed by atoms with van der Waals surface area (Å²) in [6, 6.07) is 5.00. The summed E-state index contributed by atoms with van der Waals surface area (Å²) in [7, 11) is 0. The zero-order valence-corrected chi connectivity index (χ0v) is 10.4. The van der Waals surface area contributed by atoms with Crippen molar-refractivity contribution < 1.29 is 4.39 Å². The van der Waals surface area contributed by atoms with Gasteiger partial charge >= 0.3 is 0 Å². The Morgan fingerprint density at radius 3 is 3.06 bits per heavy atom. The summed E-state index contributed by atoms with van der Waals surface area (Å²) in [5, 5.41) is 4.08. The Balaban J connectivity index is 2.11. The molecule has 0 spiro atoms. The number of halogens is 2. The highest BCUT2D eigenvalue weighted by molar-refractivity contribution is 8.14. The first-order chi connectivity index (χ1) is 7.65. The number of nitrogens with one attached hydrogen (secondary N) is 1. The van der Waals surface area contributed by atoms with E-state index in [0.29, 0.717) is 11.7 Å². The van der Waals surface area contributed by atoms with Gasteiger partial charge in [-0.15, -0.1) is 0 Å². The molecule has 86 valence electrons. The van der Waals surface area contributed by atoms with E-state index in [4.69, 9.17) is 11.6 Å². The van der Waals surface area contributed by atoms with Gasteiger partial charge in [0.05, 0.1) is 11.1 Å². The number of hydrogen-bond acceptors (Lipinski definition) is 3. The Bertz CT molecular complexity index is 422. The van der Waals surface area contributed by atoms with Gasteiger partial charge < -0.3 is 5.32 Å². The van der Waals surface area contributed by atoms with Crippen LogP contribution in [0.3, 0.4) is 0 Å². The van der Waals surface area contributed by atoms with E-state index in [0.717, 1.165) is 17.3 Å². The molecule has 2 rings (SSSR count). The molecule has 1 heterocycles. The van der Waals surface area contributed by atoms with Crippen LogP contribution in [-0.4, -0.2) is 17.0 Å². The SMILES string of the molecule is CC1CCSC(Nc2ccc(Cl)c(F)c2)=N1. The number of rotatable bonds is 1. The average molecular weight is 259 g/mol. The first-order valence-electron chi connectivity index (χ1n) is 5.08. The molecule has 0 saturated carbocycles. The molecular formula is C11H12ClFN2S. The molecule has 0 aromatic heterocycles. The Kier molecular flexibility index (Phi) is 3.71. The smallest absolute Gasteiger partial charge is 0.161 e. The molecule has 1 aliphatic rings. The second kappa shape index (κ2) is 5.06. The molecule has 1 aliphatic heterocycles. The van der Waals surface area contributed by atoms with Gasteiger partial charge in [0.15, 0.2) is 5.17 Å². The first-order valence-corrected chi connectivity index (χ1v) is 6.44. The highest BCUT2D eigenvalue weighted by Gasteiger charge is 2.12. The number of nitrogens with zero attached hydrogens (tertiary/aromatic N) is 1. The summed E-state index contributed by atoms with van der Waals surface area (Å²) >= 11 is 7.26. The van der Waals surface area contributed by atoms with Crippen LogP contribution in [0.5, 0.6) is 0 Å². The summed E-state index contributed by atoms with van der Waals surface area (Å²) in [5.41, 5.74) is 0.683. The minimum atomic E-state index is -0.416. The highest BCUT2D eigenvalue weighted by Crippen LogP contribution is 2.22. The summed E-state index contributed by atoms with van der Waals surface area (Å²) in [6.45, 7) is 2.07. The van der Waals surface area contributed by atoms with Crippen LogP contribution in [0.1, 0.15) is 13.3 Å². The lowest BCUT2D eigenvalue weighted by atomic mass is 10.3. The van der Waals surface area contributed by atoms with Gasteiger partial charge in [0, 0.05) is 11.4 Å². The fraction of sp³-hybridized carbons (Fsp3) is 0.364. The molecule has 1 aromatic carbocycles. The Morgan fingerprint density at radius 1 is 1.56 bits per heavy atom. The molecule has 16 heavy (non-hydrogen) atoms. The van der Waals surface area contributed by atoms with Gasteiger partial charge in [-0.25, -0.2) is 4.39 Å². The maximum Gasteiger partial charge on any atom is 0.161 e. The van der Waals surface area contributed by atoms with E-state index in [-0.39, 0.29) is 5.02 Å². The summed E-state index contributed by atoms with van der Waals surface area (Å²) in [5.74, 6) is 0.629. The molecule has 0 bridgehead atoms. The Labute approximate surface area is 103 Å². The third kappa shape index (κ3) is 2.89.